The van der Waals surface area contributed by atoms with Gasteiger partial charge in [0.05, 0.1) is 0 Å². The maximum absolute atomic E-state index is 4.23. The van der Waals surface area contributed by atoms with E-state index in [2.05, 4.69) is 27.4 Å². The minimum Gasteiger partial charge on any atom is -0.356 e. The molecule has 0 radical (unpaired) electrons. The van der Waals surface area contributed by atoms with Crippen molar-refractivity contribution in [1.29, 1.82) is 0 Å². The van der Waals surface area contributed by atoms with Crippen LogP contribution in [0.25, 0.3) is 0 Å². The molecule has 1 aliphatic carbocycles. The van der Waals surface area contributed by atoms with E-state index < -0.39 is 0 Å². The number of hydrogen-bond acceptors (Lipinski definition) is 2. The highest BCUT2D eigenvalue weighted by atomic mass is 32.2. The van der Waals surface area contributed by atoms with Crippen molar-refractivity contribution < 1.29 is 0 Å². The summed E-state index contributed by atoms with van der Waals surface area (Å²) in [6.07, 6.45) is 5.52. The lowest BCUT2D eigenvalue weighted by molar-refractivity contribution is 0.707. The van der Waals surface area contributed by atoms with Crippen molar-refractivity contribution >= 4 is 17.7 Å². The fourth-order valence-corrected chi connectivity index (χ4v) is 3.00. The van der Waals surface area contributed by atoms with Gasteiger partial charge in [-0.1, -0.05) is 0 Å². The molecule has 1 saturated heterocycles. The van der Waals surface area contributed by atoms with Gasteiger partial charge in [0.1, 0.15) is 0 Å². The zero-order chi connectivity index (χ0) is 10.5. The summed E-state index contributed by atoms with van der Waals surface area (Å²) in [5.74, 6) is 3.22. The topological polar surface area (TPSA) is 36.4 Å². The molecule has 2 N–H and O–H groups in total. The van der Waals surface area contributed by atoms with Crippen LogP contribution in [0.2, 0.25) is 0 Å². The van der Waals surface area contributed by atoms with Crippen LogP contribution < -0.4 is 10.6 Å². The van der Waals surface area contributed by atoms with Gasteiger partial charge in [-0.15, -0.1) is 0 Å². The Bertz CT molecular complexity index is 220. The fourth-order valence-electron chi connectivity index (χ4n) is 1.80. The summed E-state index contributed by atoms with van der Waals surface area (Å²) in [5, 5.41) is 7.59. The third kappa shape index (κ3) is 3.93. The summed E-state index contributed by atoms with van der Waals surface area (Å²) >= 11 is 2.09. The molecule has 1 unspecified atom stereocenters. The average molecular weight is 227 g/mol. The van der Waals surface area contributed by atoms with E-state index in [1.165, 1.54) is 31.4 Å². The molecule has 15 heavy (non-hydrogen) atoms. The van der Waals surface area contributed by atoms with E-state index in [1.54, 1.807) is 0 Å². The summed E-state index contributed by atoms with van der Waals surface area (Å²) < 4.78 is 0. The van der Waals surface area contributed by atoms with Crippen LogP contribution in [0, 0.1) is 5.92 Å². The molecule has 0 aromatic rings. The number of thioether (sulfide) groups is 1. The SMILES string of the molecule is CN=C(NCC1CC1)NCC1CCCS1. The number of nitrogens with zero attached hydrogens (tertiary/aromatic N) is 1. The molecular weight excluding hydrogens is 206 g/mol. The Morgan fingerprint density at radius 3 is 2.67 bits per heavy atom. The zero-order valence-electron chi connectivity index (χ0n) is 9.46. The lowest BCUT2D eigenvalue weighted by atomic mass is 10.2. The third-order valence-corrected chi connectivity index (χ3v) is 4.40. The molecule has 1 atom stereocenters. The number of nitrogens with one attached hydrogen (secondary N) is 2. The van der Waals surface area contributed by atoms with Crippen LogP contribution in [0.4, 0.5) is 0 Å². The van der Waals surface area contributed by atoms with Gasteiger partial charge in [-0.05, 0) is 37.4 Å². The highest BCUT2D eigenvalue weighted by Gasteiger charge is 2.21. The predicted octanol–water partition coefficient (Wildman–Crippen LogP) is 1.46. The fraction of sp³-hybridized carbons (Fsp3) is 0.909. The summed E-state index contributed by atoms with van der Waals surface area (Å²) in [6.45, 7) is 2.16. The van der Waals surface area contributed by atoms with Crippen molar-refractivity contribution in [1.82, 2.24) is 10.6 Å². The second kappa shape index (κ2) is 5.64. The molecule has 1 aliphatic heterocycles. The van der Waals surface area contributed by atoms with E-state index >= 15 is 0 Å². The maximum atomic E-state index is 4.23. The van der Waals surface area contributed by atoms with Gasteiger partial charge in [-0.25, -0.2) is 0 Å². The van der Waals surface area contributed by atoms with Crippen LogP contribution in [0.1, 0.15) is 25.7 Å². The Morgan fingerprint density at radius 2 is 2.07 bits per heavy atom. The molecule has 0 bridgehead atoms. The van der Waals surface area contributed by atoms with Crippen LogP contribution in [-0.2, 0) is 0 Å². The average Bonchev–Trinajstić information content (AvgIpc) is 2.94. The van der Waals surface area contributed by atoms with Gasteiger partial charge in [0.25, 0.3) is 0 Å². The number of aliphatic imine (C=N–C) groups is 1. The Labute approximate surface area is 96.5 Å². The highest BCUT2D eigenvalue weighted by molar-refractivity contribution is 8.00. The summed E-state index contributed by atoms with van der Waals surface area (Å²) in [7, 11) is 1.85. The van der Waals surface area contributed by atoms with Gasteiger partial charge in [0.15, 0.2) is 5.96 Å². The quantitative estimate of drug-likeness (QED) is 0.564. The second-order valence-corrected chi connectivity index (χ2v) is 5.82. The minimum absolute atomic E-state index is 0.796. The largest absolute Gasteiger partial charge is 0.356 e. The molecule has 0 spiro atoms. The maximum Gasteiger partial charge on any atom is 0.191 e. The van der Waals surface area contributed by atoms with Gasteiger partial charge < -0.3 is 10.6 Å². The van der Waals surface area contributed by atoms with Gasteiger partial charge in [0, 0.05) is 25.4 Å². The first kappa shape index (κ1) is 11.1. The smallest absolute Gasteiger partial charge is 0.191 e. The second-order valence-electron chi connectivity index (χ2n) is 4.41. The van der Waals surface area contributed by atoms with Gasteiger partial charge in [-0.3, -0.25) is 4.99 Å². The molecule has 0 aromatic heterocycles. The Balaban J connectivity index is 1.61. The molecule has 0 aromatic carbocycles. The van der Waals surface area contributed by atoms with Crippen LogP contribution in [-0.4, -0.2) is 37.1 Å². The van der Waals surface area contributed by atoms with E-state index in [9.17, 15) is 0 Å². The lowest BCUT2D eigenvalue weighted by Crippen LogP contribution is -2.40. The standard InChI is InChI=1S/C11H21N3S/c1-12-11(13-7-9-4-5-9)14-8-10-3-2-6-15-10/h9-10H,2-8H2,1H3,(H2,12,13,14). The van der Waals surface area contributed by atoms with Gasteiger partial charge in [0.2, 0.25) is 0 Å². The van der Waals surface area contributed by atoms with Crippen LogP contribution >= 0.6 is 11.8 Å². The van der Waals surface area contributed by atoms with Crippen LogP contribution in [0.5, 0.6) is 0 Å². The normalized spacial score (nSPS) is 26.7. The molecule has 1 saturated carbocycles. The van der Waals surface area contributed by atoms with E-state index in [0.29, 0.717) is 0 Å². The zero-order valence-corrected chi connectivity index (χ0v) is 10.3. The first-order chi connectivity index (χ1) is 7.38. The molecule has 1 heterocycles. The van der Waals surface area contributed by atoms with Gasteiger partial charge >= 0.3 is 0 Å². The lowest BCUT2D eigenvalue weighted by Gasteiger charge is -2.14. The van der Waals surface area contributed by atoms with Crippen molar-refractivity contribution in [3.8, 4) is 0 Å². The number of rotatable bonds is 4. The first-order valence-electron chi connectivity index (χ1n) is 5.94. The molecule has 86 valence electrons. The van der Waals surface area contributed by atoms with Gasteiger partial charge in [-0.2, -0.15) is 11.8 Å². The Morgan fingerprint density at radius 1 is 1.27 bits per heavy atom. The number of guanidine groups is 1. The predicted molar refractivity (Wildman–Crippen MR) is 67.6 cm³/mol. The van der Waals surface area contributed by atoms with Crippen molar-refractivity contribution in [2.45, 2.75) is 30.9 Å². The molecule has 2 aliphatic rings. The molecule has 2 fully saturated rings. The van der Waals surface area contributed by atoms with E-state index in [1.807, 2.05) is 7.05 Å². The van der Waals surface area contributed by atoms with E-state index in [4.69, 9.17) is 0 Å². The van der Waals surface area contributed by atoms with Crippen molar-refractivity contribution in [3.63, 3.8) is 0 Å². The van der Waals surface area contributed by atoms with Crippen molar-refractivity contribution in [2.24, 2.45) is 10.9 Å². The molecular formula is C11H21N3S. The minimum atomic E-state index is 0.796. The highest BCUT2D eigenvalue weighted by Crippen LogP contribution is 2.27. The third-order valence-electron chi connectivity index (χ3n) is 3.00. The van der Waals surface area contributed by atoms with Crippen LogP contribution in [0.3, 0.4) is 0 Å². The molecule has 0 amide bonds. The monoisotopic (exact) mass is 227 g/mol. The summed E-state index contributed by atoms with van der Waals surface area (Å²) in [6, 6.07) is 0. The Kier molecular flexibility index (Phi) is 4.18. The van der Waals surface area contributed by atoms with Crippen molar-refractivity contribution in [2.75, 3.05) is 25.9 Å². The van der Waals surface area contributed by atoms with Crippen LogP contribution in [0.15, 0.2) is 4.99 Å². The van der Waals surface area contributed by atoms with E-state index in [0.717, 1.165) is 30.2 Å². The number of hydrogen-bond donors (Lipinski definition) is 2. The molecule has 3 nitrogen and oxygen atoms in total. The first-order valence-corrected chi connectivity index (χ1v) is 6.99. The molecule has 2 rings (SSSR count). The molecule has 4 heteroatoms. The van der Waals surface area contributed by atoms with E-state index in [-0.39, 0.29) is 0 Å². The Hall–Kier alpha value is -0.380. The summed E-state index contributed by atoms with van der Waals surface area (Å²) in [5.41, 5.74) is 0. The van der Waals surface area contributed by atoms with Crippen molar-refractivity contribution in [3.05, 3.63) is 0 Å². The summed E-state index contributed by atoms with van der Waals surface area (Å²) in [4.78, 5) is 4.23.